The molecule has 0 bridgehead atoms. The number of hydrogen-bond donors (Lipinski definition) is 1. The molecule has 8 heteroatoms. The maximum absolute atomic E-state index is 13.3. The molecule has 0 unspecified atom stereocenters. The number of amides is 1. The second-order valence-corrected chi connectivity index (χ2v) is 5.32. The van der Waals surface area contributed by atoms with Gasteiger partial charge in [0.15, 0.2) is 0 Å². The van der Waals surface area contributed by atoms with Crippen LogP contribution in [0.25, 0.3) is 0 Å². The Morgan fingerprint density at radius 1 is 1.29 bits per heavy atom. The van der Waals surface area contributed by atoms with E-state index in [9.17, 15) is 19.3 Å². The first-order chi connectivity index (χ1) is 9.86. The molecule has 0 aromatic heterocycles. The van der Waals surface area contributed by atoms with E-state index < -0.39 is 22.3 Å². The largest absolute Gasteiger partial charge is 0.321 e. The maximum atomic E-state index is 13.3. The summed E-state index contributed by atoms with van der Waals surface area (Å²) in [5.74, 6) is -1.54. The first-order valence-corrected chi connectivity index (χ1v) is 6.75. The molecule has 0 aliphatic heterocycles. The zero-order chi connectivity index (χ0) is 15.6. The van der Waals surface area contributed by atoms with Crippen LogP contribution in [-0.4, -0.2) is 10.8 Å². The van der Waals surface area contributed by atoms with Crippen molar-refractivity contribution < 1.29 is 14.1 Å². The lowest BCUT2D eigenvalue weighted by atomic mass is 10.1. The van der Waals surface area contributed by atoms with Crippen molar-refractivity contribution in [3.63, 3.8) is 0 Å². The summed E-state index contributed by atoms with van der Waals surface area (Å²) in [5.41, 5.74) is -0.279. The van der Waals surface area contributed by atoms with Gasteiger partial charge < -0.3 is 5.32 Å². The molecule has 0 aliphatic rings. The van der Waals surface area contributed by atoms with Crippen molar-refractivity contribution in [1.82, 2.24) is 0 Å². The van der Waals surface area contributed by atoms with Gasteiger partial charge in [-0.25, -0.2) is 4.39 Å². The van der Waals surface area contributed by atoms with E-state index in [-0.39, 0.29) is 5.56 Å². The number of carbonyl (C=O) groups is 1. The zero-order valence-electron chi connectivity index (χ0n) is 10.3. The lowest BCUT2D eigenvalue weighted by molar-refractivity contribution is -0.385. The fourth-order valence-electron chi connectivity index (χ4n) is 1.60. The van der Waals surface area contributed by atoms with Crippen molar-refractivity contribution in [1.29, 1.82) is 0 Å². The molecule has 0 radical (unpaired) electrons. The minimum Gasteiger partial charge on any atom is -0.321 e. The molecule has 108 valence electrons. The molecule has 2 aromatic carbocycles. The van der Waals surface area contributed by atoms with Crippen molar-refractivity contribution >= 4 is 44.8 Å². The number of benzene rings is 2. The second kappa shape index (κ2) is 6.19. The molecule has 21 heavy (non-hydrogen) atoms. The number of rotatable bonds is 3. The van der Waals surface area contributed by atoms with Gasteiger partial charge in [-0.2, -0.15) is 0 Å². The summed E-state index contributed by atoms with van der Waals surface area (Å²) in [5, 5.41) is 13.6. The minimum atomic E-state index is -0.862. The van der Waals surface area contributed by atoms with Crippen LogP contribution in [0.5, 0.6) is 0 Å². The average Bonchev–Trinajstić information content (AvgIpc) is 2.42. The monoisotopic (exact) mass is 372 g/mol. The van der Waals surface area contributed by atoms with Crippen LogP contribution in [0.2, 0.25) is 5.02 Å². The number of nitro benzene ring substituents is 1. The third kappa shape index (κ3) is 3.77. The molecule has 0 saturated heterocycles. The van der Waals surface area contributed by atoms with E-state index in [0.717, 1.165) is 18.2 Å². The van der Waals surface area contributed by atoms with Gasteiger partial charge in [-0.3, -0.25) is 14.9 Å². The summed E-state index contributed by atoms with van der Waals surface area (Å²) >= 11 is 9.04. The molecule has 0 heterocycles. The minimum absolute atomic E-state index is 0.159. The Hall–Kier alpha value is -1.99. The third-order valence-electron chi connectivity index (χ3n) is 2.53. The smallest absolute Gasteiger partial charge is 0.273 e. The Balaban J connectivity index is 2.32. The van der Waals surface area contributed by atoms with Gasteiger partial charge in [0.25, 0.3) is 11.6 Å². The molecular weight excluding hydrogens is 367 g/mol. The fourth-order valence-corrected chi connectivity index (χ4v) is 2.12. The summed E-state index contributed by atoms with van der Waals surface area (Å²) in [6, 6.07) is 7.40. The van der Waals surface area contributed by atoms with E-state index in [4.69, 9.17) is 11.6 Å². The Bertz CT molecular complexity index is 739. The second-order valence-electron chi connectivity index (χ2n) is 4.03. The maximum Gasteiger partial charge on any atom is 0.273 e. The highest BCUT2D eigenvalue weighted by molar-refractivity contribution is 9.10. The molecule has 1 amide bonds. The normalized spacial score (nSPS) is 10.2. The zero-order valence-corrected chi connectivity index (χ0v) is 12.6. The Morgan fingerprint density at radius 2 is 2.00 bits per heavy atom. The predicted octanol–water partition coefficient (Wildman–Crippen LogP) is 4.40. The predicted molar refractivity (Wildman–Crippen MR) is 80.2 cm³/mol. The first-order valence-electron chi connectivity index (χ1n) is 5.58. The van der Waals surface area contributed by atoms with Gasteiger partial charge in [-0.1, -0.05) is 11.6 Å². The lowest BCUT2D eigenvalue weighted by Crippen LogP contribution is -2.13. The SMILES string of the molecule is O=C(Nc1cc(Cl)ccc1Br)c1cc(F)cc([N+](=O)[O-])c1. The van der Waals surface area contributed by atoms with E-state index in [1.807, 2.05) is 0 Å². The number of carbonyl (C=O) groups excluding carboxylic acids is 1. The Kier molecular flexibility index (Phi) is 4.54. The van der Waals surface area contributed by atoms with E-state index in [0.29, 0.717) is 15.2 Å². The van der Waals surface area contributed by atoms with Crippen LogP contribution in [0.3, 0.4) is 0 Å². The summed E-state index contributed by atoms with van der Waals surface area (Å²) in [6.45, 7) is 0. The van der Waals surface area contributed by atoms with Crippen molar-refractivity contribution in [3.8, 4) is 0 Å². The van der Waals surface area contributed by atoms with E-state index in [1.54, 1.807) is 12.1 Å². The third-order valence-corrected chi connectivity index (χ3v) is 3.46. The number of halogens is 3. The number of anilines is 1. The van der Waals surface area contributed by atoms with Gasteiger partial charge in [-0.15, -0.1) is 0 Å². The lowest BCUT2D eigenvalue weighted by Gasteiger charge is -2.08. The van der Waals surface area contributed by atoms with Crippen LogP contribution in [0.15, 0.2) is 40.9 Å². The molecule has 1 N–H and O–H groups in total. The van der Waals surface area contributed by atoms with Gasteiger partial charge in [0, 0.05) is 21.1 Å². The van der Waals surface area contributed by atoms with Gasteiger partial charge in [0.1, 0.15) is 5.82 Å². The molecule has 0 saturated carbocycles. The number of non-ortho nitro benzene ring substituents is 1. The highest BCUT2D eigenvalue weighted by Crippen LogP contribution is 2.27. The number of hydrogen-bond acceptors (Lipinski definition) is 3. The summed E-state index contributed by atoms with van der Waals surface area (Å²) < 4.78 is 13.9. The fraction of sp³-hybridized carbons (Fsp3) is 0. The van der Waals surface area contributed by atoms with Gasteiger partial charge in [0.05, 0.1) is 16.7 Å². The van der Waals surface area contributed by atoms with E-state index in [2.05, 4.69) is 21.2 Å². The Labute approximate surface area is 132 Å². The first kappa shape index (κ1) is 15.4. The molecule has 0 fully saturated rings. The molecule has 2 rings (SSSR count). The highest BCUT2D eigenvalue weighted by atomic mass is 79.9. The Morgan fingerprint density at radius 3 is 2.67 bits per heavy atom. The van der Waals surface area contributed by atoms with Gasteiger partial charge in [0.2, 0.25) is 0 Å². The van der Waals surface area contributed by atoms with Crippen molar-refractivity contribution in [2.75, 3.05) is 5.32 Å². The van der Waals surface area contributed by atoms with Gasteiger partial charge in [-0.05, 0) is 40.2 Å². The topological polar surface area (TPSA) is 72.2 Å². The quantitative estimate of drug-likeness (QED) is 0.640. The molecule has 2 aromatic rings. The molecular formula is C13H7BrClFN2O3. The standard InChI is InChI=1S/C13H7BrClFN2O3/c14-11-2-1-8(15)5-12(11)17-13(19)7-3-9(16)6-10(4-7)18(20)21/h1-6H,(H,17,19). The molecule has 0 atom stereocenters. The summed E-state index contributed by atoms with van der Waals surface area (Å²) in [4.78, 5) is 21.9. The van der Waals surface area contributed by atoms with Gasteiger partial charge >= 0.3 is 0 Å². The molecule has 0 spiro atoms. The average molecular weight is 374 g/mol. The van der Waals surface area contributed by atoms with Crippen molar-refractivity contribution in [2.24, 2.45) is 0 Å². The number of nitrogens with one attached hydrogen (secondary N) is 1. The molecule has 5 nitrogen and oxygen atoms in total. The summed E-state index contributed by atoms with van der Waals surface area (Å²) in [6.07, 6.45) is 0. The van der Waals surface area contributed by atoms with Crippen LogP contribution in [-0.2, 0) is 0 Å². The van der Waals surface area contributed by atoms with Crippen LogP contribution in [0.1, 0.15) is 10.4 Å². The van der Waals surface area contributed by atoms with Crippen LogP contribution >= 0.6 is 27.5 Å². The summed E-state index contributed by atoms with van der Waals surface area (Å²) in [7, 11) is 0. The highest BCUT2D eigenvalue weighted by Gasteiger charge is 2.15. The van der Waals surface area contributed by atoms with E-state index >= 15 is 0 Å². The van der Waals surface area contributed by atoms with Crippen molar-refractivity contribution in [2.45, 2.75) is 0 Å². The van der Waals surface area contributed by atoms with Crippen LogP contribution in [0.4, 0.5) is 15.8 Å². The van der Waals surface area contributed by atoms with E-state index in [1.165, 1.54) is 6.07 Å². The van der Waals surface area contributed by atoms with Crippen LogP contribution in [0, 0.1) is 15.9 Å². The van der Waals surface area contributed by atoms with Crippen molar-refractivity contribution in [3.05, 3.63) is 67.4 Å². The number of nitro groups is 1. The molecule has 0 aliphatic carbocycles. The van der Waals surface area contributed by atoms with Crippen LogP contribution < -0.4 is 5.32 Å². The number of nitrogens with zero attached hydrogens (tertiary/aromatic N) is 1.